The van der Waals surface area contributed by atoms with Crippen LogP contribution in [-0.4, -0.2) is 11.2 Å². The molecule has 0 atom stereocenters. The molecule has 4 rings (SSSR count). The molecule has 3 nitrogen and oxygen atoms in total. The summed E-state index contributed by atoms with van der Waals surface area (Å²) in [6.07, 6.45) is 3.58. The minimum Gasteiger partial charge on any atom is -0.278 e. The van der Waals surface area contributed by atoms with Crippen LogP contribution in [0, 0.1) is 0 Å². The van der Waals surface area contributed by atoms with Crippen LogP contribution in [0.25, 0.3) is 21.7 Å². The van der Waals surface area contributed by atoms with Crippen molar-refractivity contribution >= 4 is 45.2 Å². The standard InChI is InChI=1S/C20H14ClN3/c21-16-8-9-18-19(10-11-22-20(18)12-16)24-23-13-15-6-3-5-14-4-1-2-7-17(14)15/h1-13H,(H,22,24)/b23-13+. The van der Waals surface area contributed by atoms with Crippen LogP contribution in [0.15, 0.2) is 78.0 Å². The smallest absolute Gasteiger partial charge is 0.0738 e. The van der Waals surface area contributed by atoms with Gasteiger partial charge in [0.05, 0.1) is 17.4 Å². The van der Waals surface area contributed by atoms with Crippen LogP contribution < -0.4 is 5.43 Å². The van der Waals surface area contributed by atoms with Gasteiger partial charge in [0.2, 0.25) is 0 Å². The molecular formula is C20H14ClN3. The third-order valence-electron chi connectivity index (χ3n) is 3.92. The Balaban J connectivity index is 1.66. The van der Waals surface area contributed by atoms with Gasteiger partial charge in [-0.2, -0.15) is 5.10 Å². The van der Waals surface area contributed by atoms with E-state index >= 15 is 0 Å². The quantitative estimate of drug-likeness (QED) is 0.398. The molecule has 1 aromatic heterocycles. The normalized spacial score (nSPS) is 11.4. The van der Waals surface area contributed by atoms with Crippen LogP contribution >= 0.6 is 11.6 Å². The van der Waals surface area contributed by atoms with Gasteiger partial charge in [-0.15, -0.1) is 0 Å². The van der Waals surface area contributed by atoms with E-state index in [-0.39, 0.29) is 0 Å². The van der Waals surface area contributed by atoms with E-state index < -0.39 is 0 Å². The molecule has 0 aliphatic carbocycles. The van der Waals surface area contributed by atoms with Crippen LogP contribution in [0.2, 0.25) is 5.02 Å². The van der Waals surface area contributed by atoms with Crippen LogP contribution in [0.3, 0.4) is 0 Å². The number of anilines is 1. The van der Waals surface area contributed by atoms with Crippen molar-refractivity contribution in [3.8, 4) is 0 Å². The molecule has 4 aromatic rings. The summed E-state index contributed by atoms with van der Waals surface area (Å²) in [6.45, 7) is 0. The molecule has 0 aliphatic heterocycles. The Labute approximate surface area is 144 Å². The molecule has 116 valence electrons. The SMILES string of the molecule is Clc1ccc2c(N/N=C/c3cccc4ccccc34)ccnc2c1. The highest BCUT2D eigenvalue weighted by Gasteiger charge is 2.02. The van der Waals surface area contributed by atoms with E-state index in [9.17, 15) is 0 Å². The lowest BCUT2D eigenvalue weighted by atomic mass is 10.1. The molecule has 0 fully saturated rings. The summed E-state index contributed by atoms with van der Waals surface area (Å²) < 4.78 is 0. The highest BCUT2D eigenvalue weighted by atomic mass is 35.5. The van der Waals surface area contributed by atoms with Crippen LogP contribution in [0.1, 0.15) is 5.56 Å². The minimum absolute atomic E-state index is 0.673. The van der Waals surface area contributed by atoms with E-state index in [2.05, 4.69) is 39.8 Å². The third kappa shape index (κ3) is 2.82. The summed E-state index contributed by atoms with van der Waals surface area (Å²) in [4.78, 5) is 4.33. The number of nitrogens with zero attached hydrogens (tertiary/aromatic N) is 2. The number of nitrogens with one attached hydrogen (secondary N) is 1. The lowest BCUT2D eigenvalue weighted by molar-refractivity contribution is 1.33. The fourth-order valence-electron chi connectivity index (χ4n) is 2.75. The Kier molecular flexibility index (Phi) is 3.85. The van der Waals surface area contributed by atoms with Gasteiger partial charge in [0, 0.05) is 22.2 Å². The highest BCUT2D eigenvalue weighted by molar-refractivity contribution is 6.31. The Hall–Kier alpha value is -2.91. The van der Waals surface area contributed by atoms with E-state index in [1.54, 1.807) is 6.20 Å². The molecule has 0 amide bonds. The van der Waals surface area contributed by atoms with Gasteiger partial charge in [0.1, 0.15) is 0 Å². The zero-order valence-corrected chi connectivity index (χ0v) is 13.5. The number of rotatable bonds is 3. The molecule has 0 saturated heterocycles. The van der Waals surface area contributed by atoms with Gasteiger partial charge in [-0.25, -0.2) is 0 Å². The molecule has 0 saturated carbocycles. The number of hydrogen-bond acceptors (Lipinski definition) is 3. The van der Waals surface area contributed by atoms with Gasteiger partial charge in [0.15, 0.2) is 0 Å². The first-order valence-corrected chi connectivity index (χ1v) is 8.00. The molecule has 1 heterocycles. The number of aromatic nitrogens is 1. The van der Waals surface area contributed by atoms with Crippen molar-refractivity contribution in [1.82, 2.24) is 4.98 Å². The van der Waals surface area contributed by atoms with Crippen molar-refractivity contribution < 1.29 is 0 Å². The van der Waals surface area contributed by atoms with Crippen molar-refractivity contribution in [3.63, 3.8) is 0 Å². The Bertz CT molecular complexity index is 1050. The Morgan fingerprint density at radius 1 is 0.917 bits per heavy atom. The molecule has 0 bridgehead atoms. The van der Waals surface area contributed by atoms with E-state index in [0.29, 0.717) is 5.02 Å². The fourth-order valence-corrected chi connectivity index (χ4v) is 2.92. The number of hydrazone groups is 1. The average molecular weight is 332 g/mol. The van der Waals surface area contributed by atoms with Gasteiger partial charge in [-0.3, -0.25) is 10.4 Å². The van der Waals surface area contributed by atoms with Gasteiger partial charge >= 0.3 is 0 Å². The first-order chi connectivity index (χ1) is 11.8. The van der Waals surface area contributed by atoms with Crippen molar-refractivity contribution in [2.24, 2.45) is 5.10 Å². The molecule has 24 heavy (non-hydrogen) atoms. The third-order valence-corrected chi connectivity index (χ3v) is 4.15. The number of pyridine rings is 1. The summed E-state index contributed by atoms with van der Waals surface area (Å²) in [5.41, 5.74) is 5.92. The van der Waals surface area contributed by atoms with Crippen LogP contribution in [0.4, 0.5) is 5.69 Å². The van der Waals surface area contributed by atoms with Crippen molar-refractivity contribution in [3.05, 3.63) is 83.5 Å². The largest absolute Gasteiger partial charge is 0.278 e. The summed E-state index contributed by atoms with van der Waals surface area (Å²) in [6, 6.07) is 22.0. The number of benzene rings is 3. The predicted molar refractivity (Wildman–Crippen MR) is 102 cm³/mol. The fraction of sp³-hybridized carbons (Fsp3) is 0. The first kappa shape index (κ1) is 14.7. The maximum atomic E-state index is 6.02. The summed E-state index contributed by atoms with van der Waals surface area (Å²) in [5, 5.41) is 8.43. The zero-order valence-electron chi connectivity index (χ0n) is 12.8. The lowest BCUT2D eigenvalue weighted by Gasteiger charge is -2.06. The molecule has 0 radical (unpaired) electrons. The van der Waals surface area contributed by atoms with Crippen LogP contribution in [-0.2, 0) is 0 Å². The van der Waals surface area contributed by atoms with Gasteiger partial charge in [0.25, 0.3) is 0 Å². The Morgan fingerprint density at radius 3 is 2.75 bits per heavy atom. The molecule has 0 aliphatic rings. The minimum atomic E-state index is 0.673. The first-order valence-electron chi connectivity index (χ1n) is 7.62. The summed E-state index contributed by atoms with van der Waals surface area (Å²) in [5.74, 6) is 0. The van der Waals surface area contributed by atoms with Gasteiger partial charge in [-0.1, -0.05) is 54.1 Å². The molecular weight excluding hydrogens is 318 g/mol. The van der Waals surface area contributed by atoms with Gasteiger partial charge in [-0.05, 0) is 35.0 Å². The highest BCUT2D eigenvalue weighted by Crippen LogP contribution is 2.24. The average Bonchev–Trinajstić information content (AvgIpc) is 2.62. The number of hydrogen-bond donors (Lipinski definition) is 1. The maximum Gasteiger partial charge on any atom is 0.0738 e. The summed E-state index contributed by atoms with van der Waals surface area (Å²) in [7, 11) is 0. The van der Waals surface area contributed by atoms with Crippen molar-refractivity contribution in [1.29, 1.82) is 0 Å². The van der Waals surface area contributed by atoms with Crippen molar-refractivity contribution in [2.45, 2.75) is 0 Å². The van der Waals surface area contributed by atoms with E-state index in [1.165, 1.54) is 10.8 Å². The topological polar surface area (TPSA) is 37.3 Å². The van der Waals surface area contributed by atoms with Crippen molar-refractivity contribution in [2.75, 3.05) is 5.43 Å². The zero-order chi connectivity index (χ0) is 16.4. The van der Waals surface area contributed by atoms with Gasteiger partial charge < -0.3 is 0 Å². The number of halogens is 1. The summed E-state index contributed by atoms with van der Waals surface area (Å²) >= 11 is 6.02. The lowest BCUT2D eigenvalue weighted by Crippen LogP contribution is -1.93. The molecule has 3 aromatic carbocycles. The second kappa shape index (κ2) is 6.30. The monoisotopic (exact) mass is 331 g/mol. The Morgan fingerprint density at radius 2 is 1.79 bits per heavy atom. The molecule has 0 spiro atoms. The second-order valence-corrected chi connectivity index (χ2v) is 5.89. The second-order valence-electron chi connectivity index (χ2n) is 5.46. The maximum absolute atomic E-state index is 6.02. The van der Waals surface area contributed by atoms with E-state index in [1.807, 2.05) is 48.7 Å². The number of fused-ring (bicyclic) bond motifs is 2. The van der Waals surface area contributed by atoms with E-state index in [0.717, 1.165) is 22.2 Å². The molecule has 0 unspecified atom stereocenters. The predicted octanol–water partition coefficient (Wildman–Crippen LogP) is 5.49. The molecule has 1 N–H and O–H groups in total. The van der Waals surface area contributed by atoms with E-state index in [4.69, 9.17) is 11.6 Å². The van der Waals surface area contributed by atoms with Crippen LogP contribution in [0.5, 0.6) is 0 Å². The molecule has 4 heteroatoms.